The smallest absolute Gasteiger partial charge is 0.238 e. The van der Waals surface area contributed by atoms with Crippen molar-refractivity contribution >= 4 is 29.1 Å². The Bertz CT molecular complexity index is 767. The molecule has 1 aromatic carbocycles. The molecule has 3 amide bonds. The van der Waals surface area contributed by atoms with Crippen LogP contribution in [0.15, 0.2) is 30.4 Å². The fourth-order valence-corrected chi connectivity index (χ4v) is 4.66. The summed E-state index contributed by atoms with van der Waals surface area (Å²) in [6.45, 7) is 0. The third-order valence-corrected chi connectivity index (χ3v) is 5.72. The fourth-order valence-electron chi connectivity index (χ4n) is 4.66. The van der Waals surface area contributed by atoms with Crippen molar-refractivity contribution in [3.63, 3.8) is 0 Å². The van der Waals surface area contributed by atoms with Crippen LogP contribution in [0.4, 0.5) is 11.4 Å². The fraction of sp³-hybridized carbons (Fsp3) is 0.389. The van der Waals surface area contributed by atoms with Crippen molar-refractivity contribution in [2.24, 2.45) is 23.7 Å². The zero-order chi connectivity index (χ0) is 15.7. The van der Waals surface area contributed by atoms with Crippen LogP contribution < -0.4 is 10.2 Å². The van der Waals surface area contributed by atoms with Crippen LogP contribution in [0.1, 0.15) is 18.4 Å². The number of imide groups is 1. The first-order valence-electron chi connectivity index (χ1n) is 8.12. The largest absolute Gasteiger partial charge is 0.326 e. The van der Waals surface area contributed by atoms with Gasteiger partial charge in [0.05, 0.1) is 17.5 Å². The highest BCUT2D eigenvalue weighted by Gasteiger charge is 2.59. The first-order valence-corrected chi connectivity index (χ1v) is 8.12. The molecule has 2 aliphatic carbocycles. The summed E-state index contributed by atoms with van der Waals surface area (Å²) < 4.78 is 0. The third kappa shape index (κ3) is 1.65. The Kier molecular flexibility index (Phi) is 2.45. The van der Waals surface area contributed by atoms with Gasteiger partial charge in [0.2, 0.25) is 17.7 Å². The van der Waals surface area contributed by atoms with Gasteiger partial charge in [-0.05, 0) is 42.4 Å². The molecule has 2 fully saturated rings. The Hall–Kier alpha value is -2.43. The first kappa shape index (κ1) is 13.0. The molecule has 0 aromatic heterocycles. The lowest BCUT2D eigenvalue weighted by Gasteiger charge is -2.21. The standard InChI is InChI=1S/C18H16N2O3/c21-14-6-4-9-3-5-12(8-13(9)19-14)20-17(22)15-10-1-2-11(7-10)16(15)18(20)23/h1-3,5,8,10-11,15-16H,4,6-7H2,(H,19,21)/t10-,11-,15-,16+/m0/s1. The van der Waals surface area contributed by atoms with Crippen LogP contribution in [-0.2, 0) is 20.8 Å². The van der Waals surface area contributed by atoms with Crippen LogP contribution in [0.2, 0.25) is 0 Å². The molecule has 1 aromatic rings. The number of carbonyl (C=O) groups is 3. The molecule has 4 atom stereocenters. The zero-order valence-electron chi connectivity index (χ0n) is 12.5. The second-order valence-corrected chi connectivity index (χ2v) is 6.90. The van der Waals surface area contributed by atoms with E-state index in [-0.39, 0.29) is 41.4 Å². The molecule has 1 saturated heterocycles. The number of hydrogen-bond donors (Lipinski definition) is 1. The lowest BCUT2D eigenvalue weighted by Crippen LogP contribution is -2.33. The highest BCUT2D eigenvalue weighted by Crippen LogP contribution is 2.53. The molecule has 0 unspecified atom stereocenters. The van der Waals surface area contributed by atoms with E-state index in [1.54, 1.807) is 6.07 Å². The quantitative estimate of drug-likeness (QED) is 0.636. The third-order valence-electron chi connectivity index (χ3n) is 5.72. The van der Waals surface area contributed by atoms with Crippen molar-refractivity contribution in [3.8, 4) is 0 Å². The lowest BCUT2D eigenvalue weighted by atomic mass is 9.85. The van der Waals surface area contributed by atoms with Crippen LogP contribution in [0.5, 0.6) is 0 Å². The number of nitrogens with zero attached hydrogens (tertiary/aromatic N) is 1. The molecule has 5 heteroatoms. The molecule has 23 heavy (non-hydrogen) atoms. The Balaban J connectivity index is 1.53. The van der Waals surface area contributed by atoms with E-state index in [1.807, 2.05) is 12.1 Å². The number of hydrogen-bond acceptors (Lipinski definition) is 3. The topological polar surface area (TPSA) is 66.5 Å². The van der Waals surface area contributed by atoms with E-state index >= 15 is 0 Å². The number of aryl methyl sites for hydroxylation is 1. The van der Waals surface area contributed by atoms with Gasteiger partial charge in [0, 0.05) is 12.1 Å². The predicted octanol–water partition coefficient (Wildman–Crippen LogP) is 1.88. The van der Waals surface area contributed by atoms with Crippen molar-refractivity contribution in [1.82, 2.24) is 0 Å². The number of rotatable bonds is 1. The molecular formula is C18H16N2O3. The summed E-state index contributed by atoms with van der Waals surface area (Å²) in [7, 11) is 0. The van der Waals surface area contributed by atoms with E-state index in [0.29, 0.717) is 18.5 Å². The van der Waals surface area contributed by atoms with E-state index in [1.165, 1.54) is 4.90 Å². The van der Waals surface area contributed by atoms with E-state index < -0.39 is 0 Å². The second kappa shape index (κ2) is 4.31. The second-order valence-electron chi connectivity index (χ2n) is 6.90. The number of amides is 3. The molecule has 116 valence electrons. The van der Waals surface area contributed by atoms with Gasteiger partial charge in [-0.15, -0.1) is 0 Å². The van der Waals surface area contributed by atoms with Crippen molar-refractivity contribution < 1.29 is 14.4 Å². The molecule has 2 heterocycles. The van der Waals surface area contributed by atoms with Gasteiger partial charge in [0.15, 0.2) is 0 Å². The summed E-state index contributed by atoms with van der Waals surface area (Å²) in [4.78, 5) is 38.5. The van der Waals surface area contributed by atoms with Gasteiger partial charge in [-0.25, -0.2) is 4.90 Å². The Labute approximate surface area is 133 Å². The van der Waals surface area contributed by atoms with Crippen molar-refractivity contribution in [2.75, 3.05) is 10.2 Å². The normalized spacial score (nSPS) is 33.9. The lowest BCUT2D eigenvalue weighted by molar-refractivity contribution is -0.123. The number of carbonyl (C=O) groups excluding carboxylic acids is 3. The Morgan fingerprint density at radius 1 is 0.957 bits per heavy atom. The number of allylic oxidation sites excluding steroid dienone is 2. The summed E-state index contributed by atoms with van der Waals surface area (Å²) in [6, 6.07) is 5.49. The van der Waals surface area contributed by atoms with Gasteiger partial charge < -0.3 is 5.32 Å². The van der Waals surface area contributed by atoms with Crippen LogP contribution in [-0.4, -0.2) is 17.7 Å². The van der Waals surface area contributed by atoms with Gasteiger partial charge in [-0.1, -0.05) is 18.2 Å². The summed E-state index contributed by atoms with van der Waals surface area (Å²) in [5.74, 6) is -0.149. The maximum absolute atomic E-state index is 12.8. The zero-order valence-corrected chi connectivity index (χ0v) is 12.5. The average Bonchev–Trinajstić information content (AvgIpc) is 3.21. The minimum absolute atomic E-state index is 0.0205. The van der Waals surface area contributed by atoms with Crippen LogP contribution in [0, 0.1) is 23.7 Å². The van der Waals surface area contributed by atoms with Crippen LogP contribution >= 0.6 is 0 Å². The molecular weight excluding hydrogens is 292 g/mol. The molecule has 4 aliphatic rings. The molecule has 5 nitrogen and oxygen atoms in total. The van der Waals surface area contributed by atoms with Gasteiger partial charge in [-0.2, -0.15) is 0 Å². The number of anilines is 2. The van der Waals surface area contributed by atoms with E-state index in [0.717, 1.165) is 17.7 Å². The number of nitrogens with one attached hydrogen (secondary N) is 1. The summed E-state index contributed by atoms with van der Waals surface area (Å²) >= 11 is 0. The SMILES string of the molecule is O=C1CCc2ccc(N3C(=O)[C@@H]4[C@H](C3=O)[C@H]3C=C[C@H]4C3)cc2N1. The summed E-state index contributed by atoms with van der Waals surface area (Å²) in [6.07, 6.45) is 6.29. The first-order chi connectivity index (χ1) is 11.1. The minimum Gasteiger partial charge on any atom is -0.326 e. The maximum atomic E-state index is 12.8. The monoisotopic (exact) mass is 308 g/mol. The van der Waals surface area contributed by atoms with Crippen molar-refractivity contribution in [3.05, 3.63) is 35.9 Å². The highest BCUT2D eigenvalue weighted by molar-refractivity contribution is 6.23. The van der Waals surface area contributed by atoms with Gasteiger partial charge in [-0.3, -0.25) is 14.4 Å². The molecule has 2 bridgehead atoms. The molecule has 5 rings (SSSR count). The van der Waals surface area contributed by atoms with E-state index in [9.17, 15) is 14.4 Å². The van der Waals surface area contributed by atoms with E-state index in [2.05, 4.69) is 17.5 Å². The minimum atomic E-state index is -0.192. The Morgan fingerprint density at radius 2 is 1.65 bits per heavy atom. The van der Waals surface area contributed by atoms with Gasteiger partial charge in [0.25, 0.3) is 0 Å². The number of fused-ring (bicyclic) bond motifs is 6. The molecule has 0 spiro atoms. The molecule has 1 saturated carbocycles. The van der Waals surface area contributed by atoms with Crippen LogP contribution in [0.25, 0.3) is 0 Å². The molecule has 2 aliphatic heterocycles. The Morgan fingerprint density at radius 3 is 2.35 bits per heavy atom. The van der Waals surface area contributed by atoms with Gasteiger partial charge >= 0.3 is 0 Å². The maximum Gasteiger partial charge on any atom is 0.238 e. The molecule has 0 radical (unpaired) electrons. The average molecular weight is 308 g/mol. The van der Waals surface area contributed by atoms with Crippen LogP contribution in [0.3, 0.4) is 0 Å². The molecule has 1 N–H and O–H groups in total. The van der Waals surface area contributed by atoms with Crippen molar-refractivity contribution in [1.29, 1.82) is 0 Å². The highest BCUT2D eigenvalue weighted by atomic mass is 16.2. The van der Waals surface area contributed by atoms with E-state index in [4.69, 9.17) is 0 Å². The summed E-state index contributed by atoms with van der Waals surface area (Å²) in [5.41, 5.74) is 2.35. The number of benzene rings is 1. The van der Waals surface area contributed by atoms with Gasteiger partial charge in [0.1, 0.15) is 0 Å². The predicted molar refractivity (Wildman–Crippen MR) is 83.6 cm³/mol. The van der Waals surface area contributed by atoms with Crippen molar-refractivity contribution in [2.45, 2.75) is 19.3 Å². The summed E-state index contributed by atoms with van der Waals surface area (Å²) in [5, 5.41) is 2.83.